The first kappa shape index (κ1) is 24.3. The molecule has 1 unspecified atom stereocenters. The fourth-order valence-corrected chi connectivity index (χ4v) is 4.19. The number of fused-ring (bicyclic) bond motifs is 1. The van der Waals surface area contributed by atoms with Crippen molar-refractivity contribution >= 4 is 23.5 Å². The number of carbonyl (C=O) groups excluding carboxylic acids is 4. The smallest absolute Gasteiger partial charge is 0.254 e. The first-order valence-corrected chi connectivity index (χ1v) is 11.7. The number of nitrogens with one attached hydrogen (secondary N) is 2. The number of Topliss-reactive ketones (excluding diaryl/α,β-unsaturated/α-hetero) is 1. The van der Waals surface area contributed by atoms with Gasteiger partial charge in [0.1, 0.15) is 12.1 Å². The summed E-state index contributed by atoms with van der Waals surface area (Å²) in [6, 6.07) is 12.4. The largest absolute Gasteiger partial charge is 0.454 e. The molecule has 2 N–H and O–H groups in total. The summed E-state index contributed by atoms with van der Waals surface area (Å²) in [6.45, 7) is 4.08. The molecule has 2 aromatic rings. The van der Waals surface area contributed by atoms with Crippen molar-refractivity contribution in [2.24, 2.45) is 5.92 Å². The summed E-state index contributed by atoms with van der Waals surface area (Å²) >= 11 is 0. The van der Waals surface area contributed by atoms with Crippen LogP contribution in [0.5, 0.6) is 11.5 Å². The van der Waals surface area contributed by atoms with Gasteiger partial charge in [-0.2, -0.15) is 0 Å². The molecule has 9 nitrogen and oxygen atoms in total. The van der Waals surface area contributed by atoms with E-state index in [4.69, 9.17) is 9.47 Å². The second-order valence-electron chi connectivity index (χ2n) is 9.19. The molecule has 0 bridgehead atoms. The summed E-state index contributed by atoms with van der Waals surface area (Å²) < 4.78 is 10.6. The van der Waals surface area contributed by atoms with Crippen LogP contribution in [0.4, 0.5) is 0 Å². The highest BCUT2D eigenvalue weighted by Gasteiger charge is 2.36. The lowest BCUT2D eigenvalue weighted by Crippen LogP contribution is -2.52. The molecule has 2 aliphatic heterocycles. The van der Waals surface area contributed by atoms with Gasteiger partial charge in [0.25, 0.3) is 5.91 Å². The van der Waals surface area contributed by atoms with Crippen molar-refractivity contribution in [1.82, 2.24) is 15.5 Å². The quantitative estimate of drug-likeness (QED) is 0.596. The predicted octanol–water partition coefficient (Wildman–Crippen LogP) is 1.70. The summed E-state index contributed by atoms with van der Waals surface area (Å²) in [4.78, 5) is 52.4. The fraction of sp³-hybridized carbons (Fsp3) is 0.385. The molecule has 35 heavy (non-hydrogen) atoms. The Hall–Kier alpha value is -3.88. The topological polar surface area (TPSA) is 114 Å². The Kier molecular flexibility index (Phi) is 7.33. The van der Waals surface area contributed by atoms with Crippen molar-refractivity contribution in [3.8, 4) is 11.5 Å². The van der Waals surface area contributed by atoms with Gasteiger partial charge in [0.2, 0.25) is 18.6 Å². The van der Waals surface area contributed by atoms with Gasteiger partial charge in [-0.3, -0.25) is 19.2 Å². The van der Waals surface area contributed by atoms with E-state index in [1.54, 1.807) is 42.5 Å². The molecule has 2 heterocycles. The van der Waals surface area contributed by atoms with Crippen molar-refractivity contribution in [2.75, 3.05) is 19.9 Å². The number of likely N-dealkylation sites (tertiary alicyclic amines) is 1. The van der Waals surface area contributed by atoms with Crippen LogP contribution in [-0.2, 0) is 20.8 Å². The van der Waals surface area contributed by atoms with Gasteiger partial charge in [0.15, 0.2) is 17.3 Å². The number of hydrogen-bond donors (Lipinski definition) is 2. The van der Waals surface area contributed by atoms with Crippen molar-refractivity contribution in [3.05, 3.63) is 59.7 Å². The highest BCUT2D eigenvalue weighted by molar-refractivity contribution is 6.01. The molecule has 2 atom stereocenters. The lowest BCUT2D eigenvalue weighted by molar-refractivity contribution is -0.130. The second-order valence-corrected chi connectivity index (χ2v) is 9.19. The first-order chi connectivity index (χ1) is 16.8. The number of benzene rings is 2. The highest BCUT2D eigenvalue weighted by Crippen LogP contribution is 2.32. The summed E-state index contributed by atoms with van der Waals surface area (Å²) in [7, 11) is 0. The summed E-state index contributed by atoms with van der Waals surface area (Å²) in [5, 5.41) is 5.54. The molecule has 184 valence electrons. The molecule has 9 heteroatoms. The normalized spacial score (nSPS) is 17.4. The third-order valence-corrected chi connectivity index (χ3v) is 5.92. The third-order valence-electron chi connectivity index (χ3n) is 5.92. The van der Waals surface area contributed by atoms with Gasteiger partial charge in [0, 0.05) is 12.1 Å². The minimum Gasteiger partial charge on any atom is -0.454 e. The lowest BCUT2D eigenvalue weighted by atomic mass is 10.0. The van der Waals surface area contributed by atoms with Gasteiger partial charge in [0.05, 0.1) is 13.0 Å². The maximum atomic E-state index is 13.1. The van der Waals surface area contributed by atoms with Crippen molar-refractivity contribution in [2.45, 2.75) is 38.8 Å². The monoisotopic (exact) mass is 479 g/mol. The molecule has 0 aliphatic carbocycles. The SMILES string of the molecule is CC(C)C[C@H](NC(=O)Cc1ccc2c(c1)OCO2)C(=O)NC1CN(C(=O)c2ccccc2)CC1=O. The van der Waals surface area contributed by atoms with Crippen molar-refractivity contribution in [1.29, 1.82) is 0 Å². The van der Waals surface area contributed by atoms with E-state index in [2.05, 4.69) is 10.6 Å². The molecule has 0 radical (unpaired) electrons. The van der Waals surface area contributed by atoms with E-state index in [9.17, 15) is 19.2 Å². The minimum absolute atomic E-state index is 0.0655. The molecule has 1 fully saturated rings. The zero-order valence-corrected chi connectivity index (χ0v) is 19.8. The van der Waals surface area contributed by atoms with E-state index >= 15 is 0 Å². The van der Waals surface area contributed by atoms with Crippen LogP contribution in [0.3, 0.4) is 0 Å². The van der Waals surface area contributed by atoms with E-state index in [1.165, 1.54) is 4.90 Å². The molecular formula is C26H29N3O6. The van der Waals surface area contributed by atoms with Crippen molar-refractivity contribution in [3.63, 3.8) is 0 Å². The maximum Gasteiger partial charge on any atom is 0.254 e. The number of amides is 3. The Bertz CT molecular complexity index is 1120. The average Bonchev–Trinajstić information content (AvgIpc) is 3.44. The van der Waals surface area contributed by atoms with Gasteiger partial charge in [-0.1, -0.05) is 38.1 Å². The Balaban J connectivity index is 1.36. The molecule has 0 spiro atoms. The molecule has 0 saturated carbocycles. The first-order valence-electron chi connectivity index (χ1n) is 11.7. The van der Waals surface area contributed by atoms with Gasteiger partial charge in [-0.05, 0) is 42.2 Å². The van der Waals surface area contributed by atoms with Crippen LogP contribution in [0.15, 0.2) is 48.5 Å². The van der Waals surface area contributed by atoms with Crippen LogP contribution < -0.4 is 20.1 Å². The van der Waals surface area contributed by atoms with Crippen LogP contribution in [0, 0.1) is 5.92 Å². The number of ether oxygens (including phenoxy) is 2. The third kappa shape index (κ3) is 5.98. The number of ketones is 1. The molecule has 1 saturated heterocycles. The molecule has 3 amide bonds. The molecule has 0 aromatic heterocycles. The van der Waals surface area contributed by atoms with E-state index in [0.717, 1.165) is 5.56 Å². The average molecular weight is 480 g/mol. The zero-order valence-electron chi connectivity index (χ0n) is 19.8. The Labute approximate surface area is 203 Å². The number of hydrogen-bond acceptors (Lipinski definition) is 6. The Morgan fingerprint density at radius 2 is 1.80 bits per heavy atom. The Morgan fingerprint density at radius 3 is 2.54 bits per heavy atom. The summed E-state index contributed by atoms with van der Waals surface area (Å²) in [6.07, 6.45) is 0.479. The van der Waals surface area contributed by atoms with Gasteiger partial charge in [-0.15, -0.1) is 0 Å². The fourth-order valence-electron chi connectivity index (χ4n) is 4.19. The van der Waals surface area contributed by atoms with E-state index in [1.807, 2.05) is 19.9 Å². The highest BCUT2D eigenvalue weighted by atomic mass is 16.7. The standard InChI is InChI=1S/C26H29N3O6/c1-16(2)10-19(27-24(31)12-17-8-9-22-23(11-17)35-15-34-22)25(32)28-20-13-29(14-21(20)30)26(33)18-6-4-3-5-7-18/h3-9,11,16,19-20H,10,12-15H2,1-2H3,(H,27,31)(H,28,32)/t19-,20?/m0/s1. The Morgan fingerprint density at radius 1 is 1.06 bits per heavy atom. The number of nitrogens with zero attached hydrogens (tertiary/aromatic N) is 1. The lowest BCUT2D eigenvalue weighted by Gasteiger charge is -2.22. The maximum absolute atomic E-state index is 13.1. The van der Waals surface area contributed by atoms with Crippen LogP contribution in [0.2, 0.25) is 0 Å². The molecule has 2 aliphatic rings. The van der Waals surface area contributed by atoms with E-state index < -0.39 is 18.0 Å². The molecular weight excluding hydrogens is 450 g/mol. The van der Waals surface area contributed by atoms with E-state index in [-0.39, 0.29) is 49.8 Å². The van der Waals surface area contributed by atoms with Crippen LogP contribution in [0.25, 0.3) is 0 Å². The minimum atomic E-state index is -0.810. The molecule has 4 rings (SSSR count). The molecule has 2 aromatic carbocycles. The van der Waals surface area contributed by atoms with E-state index in [0.29, 0.717) is 23.5 Å². The van der Waals surface area contributed by atoms with Gasteiger partial charge >= 0.3 is 0 Å². The second kappa shape index (κ2) is 10.6. The van der Waals surface area contributed by atoms with Gasteiger partial charge in [-0.25, -0.2) is 0 Å². The summed E-state index contributed by atoms with van der Waals surface area (Å²) in [5.41, 5.74) is 1.22. The predicted molar refractivity (Wildman–Crippen MR) is 127 cm³/mol. The zero-order chi connectivity index (χ0) is 24.9. The van der Waals surface area contributed by atoms with Crippen LogP contribution >= 0.6 is 0 Å². The number of rotatable bonds is 8. The summed E-state index contributed by atoms with van der Waals surface area (Å²) in [5.74, 6) is 0.0952. The number of carbonyl (C=O) groups is 4. The van der Waals surface area contributed by atoms with Crippen molar-refractivity contribution < 1.29 is 28.7 Å². The van der Waals surface area contributed by atoms with Crippen LogP contribution in [-0.4, -0.2) is 60.4 Å². The van der Waals surface area contributed by atoms with Gasteiger partial charge < -0.3 is 25.0 Å². The van der Waals surface area contributed by atoms with Crippen LogP contribution in [0.1, 0.15) is 36.2 Å².